The van der Waals surface area contributed by atoms with Crippen LogP contribution in [0.1, 0.15) is 155 Å². The molecule has 0 aliphatic carbocycles. The molecule has 1 N–H and O–H groups in total. The maximum atomic E-state index is 12.7. The molecule has 0 spiro atoms. The van der Waals surface area contributed by atoms with Crippen molar-refractivity contribution >= 4 is 17.9 Å². The molecule has 0 aliphatic rings. The Morgan fingerprint density at radius 1 is 0.544 bits per heavy atom. The molecule has 0 aromatic rings. The first-order valence-corrected chi connectivity index (χ1v) is 22.2. The lowest BCUT2D eigenvalue weighted by molar-refractivity contribution is -0.887. The minimum absolute atomic E-state index is 0.0356. The van der Waals surface area contributed by atoms with Crippen molar-refractivity contribution in [3.8, 4) is 0 Å². The van der Waals surface area contributed by atoms with E-state index in [2.05, 4.69) is 50.3 Å². The lowest BCUT2D eigenvalue weighted by atomic mass is 10.1. The van der Waals surface area contributed by atoms with E-state index < -0.39 is 18.1 Å². The summed E-state index contributed by atoms with van der Waals surface area (Å²) in [5.41, 5.74) is 0. The third-order valence-electron chi connectivity index (χ3n) is 9.43. The van der Waals surface area contributed by atoms with Crippen LogP contribution < -0.4 is 0 Å². The molecule has 2 unspecified atom stereocenters. The summed E-state index contributed by atoms with van der Waals surface area (Å²) in [5.74, 6) is -1.55. The van der Waals surface area contributed by atoms with Crippen LogP contribution in [0.3, 0.4) is 0 Å². The second-order valence-electron chi connectivity index (χ2n) is 15.7. The van der Waals surface area contributed by atoms with E-state index in [1.54, 1.807) is 0 Å². The molecule has 0 amide bonds. The molecule has 0 aromatic carbocycles. The van der Waals surface area contributed by atoms with Gasteiger partial charge in [0.05, 0.1) is 34.4 Å². The van der Waals surface area contributed by atoms with Crippen molar-refractivity contribution in [3.05, 3.63) is 85.1 Å². The van der Waals surface area contributed by atoms with Gasteiger partial charge < -0.3 is 23.8 Å². The summed E-state index contributed by atoms with van der Waals surface area (Å²) in [6.07, 6.45) is 50.5. The number of carboxylic acid groups (broad SMARTS) is 1. The first-order valence-electron chi connectivity index (χ1n) is 22.2. The molecule has 57 heavy (non-hydrogen) atoms. The Hall–Kier alpha value is -3.49. The van der Waals surface area contributed by atoms with Gasteiger partial charge in [0.15, 0.2) is 12.1 Å². The number of nitrogens with zero attached hydrogens (tertiary/aromatic N) is 1. The first-order chi connectivity index (χ1) is 27.6. The highest BCUT2D eigenvalue weighted by atomic mass is 16.6. The van der Waals surface area contributed by atoms with Gasteiger partial charge in [-0.05, 0) is 57.8 Å². The average molecular weight is 797 g/mol. The number of quaternary nitrogens is 1. The molecule has 0 fully saturated rings. The van der Waals surface area contributed by atoms with Crippen molar-refractivity contribution in [1.82, 2.24) is 0 Å². The van der Waals surface area contributed by atoms with Crippen molar-refractivity contribution in [2.24, 2.45) is 0 Å². The van der Waals surface area contributed by atoms with Crippen LogP contribution in [0.5, 0.6) is 0 Å². The predicted molar refractivity (Wildman–Crippen MR) is 238 cm³/mol. The zero-order chi connectivity index (χ0) is 42.1. The van der Waals surface area contributed by atoms with E-state index in [1.165, 1.54) is 44.9 Å². The normalized spacial score (nSPS) is 13.8. The van der Waals surface area contributed by atoms with E-state index in [4.69, 9.17) is 14.2 Å². The van der Waals surface area contributed by atoms with Gasteiger partial charge in [-0.25, -0.2) is 4.79 Å². The number of esters is 2. The molecule has 0 heterocycles. The van der Waals surface area contributed by atoms with Crippen molar-refractivity contribution < 1.29 is 38.2 Å². The van der Waals surface area contributed by atoms with Gasteiger partial charge in [0.1, 0.15) is 6.61 Å². The Balaban J connectivity index is 4.46. The highest BCUT2D eigenvalue weighted by molar-refractivity contribution is 5.72. The molecule has 0 aliphatic heterocycles. The fourth-order valence-corrected chi connectivity index (χ4v) is 5.98. The largest absolute Gasteiger partial charge is 0.477 e. The molecule has 8 heteroatoms. The van der Waals surface area contributed by atoms with E-state index in [1.807, 2.05) is 69.8 Å². The van der Waals surface area contributed by atoms with E-state index >= 15 is 0 Å². The van der Waals surface area contributed by atoms with E-state index in [0.29, 0.717) is 19.3 Å². The summed E-state index contributed by atoms with van der Waals surface area (Å²) in [4.78, 5) is 37.0. The van der Waals surface area contributed by atoms with Gasteiger partial charge in [-0.3, -0.25) is 9.59 Å². The van der Waals surface area contributed by atoms with Crippen LogP contribution in [0.25, 0.3) is 0 Å². The number of carboxylic acids is 1. The number of carbonyl (C=O) groups excluding carboxylic acids is 2. The topological polar surface area (TPSA) is 99.1 Å². The van der Waals surface area contributed by atoms with Crippen molar-refractivity contribution in [1.29, 1.82) is 0 Å². The number of hydrogen-bond donors (Lipinski definition) is 1. The molecule has 324 valence electrons. The van der Waals surface area contributed by atoms with Crippen LogP contribution in [0.4, 0.5) is 0 Å². The molecule has 0 aromatic heterocycles. The zero-order valence-corrected chi connectivity index (χ0v) is 36.8. The van der Waals surface area contributed by atoms with Crippen molar-refractivity contribution in [3.63, 3.8) is 0 Å². The number of likely N-dealkylation sites (N-methyl/N-ethyl adjacent to an activating group) is 1. The molecule has 0 radical (unpaired) electrons. The van der Waals surface area contributed by atoms with Gasteiger partial charge in [0.2, 0.25) is 0 Å². The molecule has 0 saturated heterocycles. The Morgan fingerprint density at radius 3 is 1.49 bits per heavy atom. The Labute approximate surface area is 348 Å². The van der Waals surface area contributed by atoms with Crippen molar-refractivity contribution in [2.45, 2.75) is 167 Å². The second kappa shape index (κ2) is 39.3. The first kappa shape index (κ1) is 53.5. The summed E-state index contributed by atoms with van der Waals surface area (Å²) in [7, 11) is 5.50. The predicted octanol–water partition coefficient (Wildman–Crippen LogP) is 12.1. The summed E-state index contributed by atoms with van der Waals surface area (Å²) >= 11 is 0. The average Bonchev–Trinajstić information content (AvgIpc) is 3.17. The highest BCUT2D eigenvalue weighted by Crippen LogP contribution is 2.13. The minimum atomic E-state index is -0.888. The van der Waals surface area contributed by atoms with Gasteiger partial charge in [0, 0.05) is 19.3 Å². The quantitative estimate of drug-likeness (QED) is 0.0287. The number of aliphatic carboxylic acids is 1. The Kier molecular flexibility index (Phi) is 36.9. The number of rotatable bonds is 38. The van der Waals surface area contributed by atoms with Crippen LogP contribution in [-0.4, -0.2) is 80.6 Å². The lowest BCUT2D eigenvalue weighted by Crippen LogP contribution is -2.50. The lowest BCUT2D eigenvalue weighted by Gasteiger charge is -2.31. The molecular formula is C49H82NO7+. The molecule has 0 saturated carbocycles. The Morgan fingerprint density at radius 2 is 0.982 bits per heavy atom. The van der Waals surface area contributed by atoms with E-state index in [0.717, 1.165) is 77.0 Å². The Bertz CT molecular complexity index is 1200. The van der Waals surface area contributed by atoms with Gasteiger partial charge in [-0.2, -0.15) is 0 Å². The van der Waals surface area contributed by atoms with Crippen molar-refractivity contribution in [2.75, 3.05) is 41.0 Å². The van der Waals surface area contributed by atoms with Crippen LogP contribution in [-0.2, 0) is 28.6 Å². The molecule has 0 rings (SSSR count). The van der Waals surface area contributed by atoms with Gasteiger partial charge in [-0.1, -0.05) is 163 Å². The number of carbonyl (C=O) groups is 3. The highest BCUT2D eigenvalue weighted by Gasteiger charge is 2.31. The summed E-state index contributed by atoms with van der Waals surface area (Å²) < 4.78 is 17.2. The monoisotopic (exact) mass is 797 g/mol. The SMILES string of the molecule is CC/C=C/C=C/C=C/C=C/C=C/CCCCCC(=O)OCC(COCCC(C(=O)O)[N+](C)(C)C)OC(=O)CCCCCCC/C=C/C=C/CCCCCCCCC. The van der Waals surface area contributed by atoms with E-state index in [9.17, 15) is 19.5 Å². The summed E-state index contributed by atoms with van der Waals surface area (Å²) in [6, 6.07) is -0.629. The maximum Gasteiger partial charge on any atom is 0.362 e. The molecule has 2 atom stereocenters. The summed E-state index contributed by atoms with van der Waals surface area (Å²) in [6.45, 7) is 4.51. The number of allylic oxidation sites excluding steroid dienone is 14. The minimum Gasteiger partial charge on any atom is -0.477 e. The smallest absolute Gasteiger partial charge is 0.362 e. The fourth-order valence-electron chi connectivity index (χ4n) is 5.98. The maximum absolute atomic E-state index is 12.7. The van der Waals surface area contributed by atoms with E-state index in [-0.39, 0.29) is 36.2 Å². The third kappa shape index (κ3) is 37.8. The standard InChI is InChI=1S/C49H81NO7/c1-6-8-10-12-14-16-18-20-22-23-24-26-28-30-32-34-36-38-40-48(52)57-45(43-55-42-41-46(49(53)54)50(3,4)5)44-56-47(51)39-37-35-33-31-29-27-25-21-19-17-15-13-11-9-7-2/h9,11,13,15,17,19,21-27,29,45-46H,6-8,10,12,14,16,18,20,28,30-44H2,1-5H3/p+1/b11-9+,15-13+,19-17+,23-22+,25-21+,26-24+,29-27+. The molecular weight excluding hydrogens is 715 g/mol. The second-order valence-corrected chi connectivity index (χ2v) is 15.7. The molecule has 8 nitrogen and oxygen atoms in total. The van der Waals surface area contributed by atoms with Crippen LogP contribution >= 0.6 is 0 Å². The third-order valence-corrected chi connectivity index (χ3v) is 9.43. The number of ether oxygens (including phenoxy) is 3. The number of hydrogen-bond acceptors (Lipinski definition) is 6. The summed E-state index contributed by atoms with van der Waals surface area (Å²) in [5, 5.41) is 9.62. The van der Waals surface area contributed by atoms with Gasteiger partial charge >= 0.3 is 17.9 Å². The molecule has 0 bridgehead atoms. The van der Waals surface area contributed by atoms with Gasteiger partial charge in [-0.15, -0.1) is 0 Å². The van der Waals surface area contributed by atoms with Crippen LogP contribution in [0, 0.1) is 0 Å². The van der Waals surface area contributed by atoms with Crippen LogP contribution in [0.2, 0.25) is 0 Å². The van der Waals surface area contributed by atoms with Gasteiger partial charge in [0.25, 0.3) is 0 Å². The zero-order valence-electron chi connectivity index (χ0n) is 36.8. The fraction of sp³-hybridized carbons (Fsp3) is 0.653. The number of unbranched alkanes of at least 4 members (excludes halogenated alkanes) is 15. The van der Waals surface area contributed by atoms with Crippen LogP contribution in [0.15, 0.2) is 85.1 Å².